The van der Waals surface area contributed by atoms with E-state index >= 15 is 0 Å². The van der Waals surface area contributed by atoms with Crippen LogP contribution in [0.4, 0.5) is 0 Å². The fourth-order valence-electron chi connectivity index (χ4n) is 1.07. The Morgan fingerprint density at radius 3 is 3.08 bits per heavy atom. The summed E-state index contributed by atoms with van der Waals surface area (Å²) >= 11 is 0. The van der Waals surface area contributed by atoms with Gasteiger partial charge in [0.25, 0.3) is 0 Å². The third-order valence-electron chi connectivity index (χ3n) is 1.76. The Balaban J connectivity index is 2.13. The lowest BCUT2D eigenvalue weighted by molar-refractivity contribution is 0.682. The third kappa shape index (κ3) is 4.43. The zero-order valence-corrected chi connectivity index (χ0v) is 8.03. The van der Waals surface area contributed by atoms with Gasteiger partial charge in [0, 0.05) is 12.7 Å². The van der Waals surface area contributed by atoms with E-state index in [1.807, 2.05) is 31.3 Å². The highest BCUT2D eigenvalue weighted by atomic mass is 14.9. The maximum absolute atomic E-state index is 4.22. The van der Waals surface area contributed by atoms with Crippen LogP contribution in [-0.4, -0.2) is 11.5 Å². The summed E-state index contributed by atoms with van der Waals surface area (Å²) in [7, 11) is 0. The van der Waals surface area contributed by atoms with Crippen molar-refractivity contribution in [2.75, 3.05) is 6.54 Å². The summed E-state index contributed by atoms with van der Waals surface area (Å²) in [5, 5.41) is 3.32. The molecule has 1 heterocycles. The molecular formula is C11H16N2. The monoisotopic (exact) mass is 176 g/mol. The maximum atomic E-state index is 4.22. The summed E-state index contributed by atoms with van der Waals surface area (Å²) in [5.41, 5.74) is 1.10. The van der Waals surface area contributed by atoms with E-state index in [-0.39, 0.29) is 0 Å². The quantitative estimate of drug-likeness (QED) is 0.549. The molecule has 0 radical (unpaired) electrons. The predicted molar refractivity (Wildman–Crippen MR) is 55.4 cm³/mol. The van der Waals surface area contributed by atoms with Crippen molar-refractivity contribution in [1.82, 2.24) is 10.3 Å². The minimum Gasteiger partial charge on any atom is -0.311 e. The van der Waals surface area contributed by atoms with Gasteiger partial charge in [-0.3, -0.25) is 4.98 Å². The molecule has 0 spiro atoms. The molecular weight excluding hydrogens is 160 g/mol. The molecule has 0 aliphatic rings. The lowest BCUT2D eigenvalue weighted by Crippen LogP contribution is -2.14. The van der Waals surface area contributed by atoms with E-state index in [0.29, 0.717) is 0 Å². The first-order valence-corrected chi connectivity index (χ1v) is 4.65. The molecule has 1 aromatic rings. The van der Waals surface area contributed by atoms with Crippen molar-refractivity contribution in [2.45, 2.75) is 19.9 Å². The minimum atomic E-state index is 0.860. The molecule has 0 aliphatic carbocycles. The molecule has 13 heavy (non-hydrogen) atoms. The average Bonchev–Trinajstić information content (AvgIpc) is 2.19. The minimum absolute atomic E-state index is 0.860. The van der Waals surface area contributed by atoms with Crippen LogP contribution in [0.5, 0.6) is 0 Å². The summed E-state index contributed by atoms with van der Waals surface area (Å²) in [6, 6.07) is 5.97. The molecule has 0 amide bonds. The van der Waals surface area contributed by atoms with Gasteiger partial charge < -0.3 is 5.32 Å². The van der Waals surface area contributed by atoms with E-state index in [4.69, 9.17) is 0 Å². The average molecular weight is 176 g/mol. The van der Waals surface area contributed by atoms with Gasteiger partial charge in [0.05, 0.1) is 5.69 Å². The van der Waals surface area contributed by atoms with E-state index in [1.54, 1.807) is 0 Å². The van der Waals surface area contributed by atoms with Crippen LogP contribution in [-0.2, 0) is 6.54 Å². The molecule has 0 fully saturated rings. The van der Waals surface area contributed by atoms with Crippen LogP contribution in [0.1, 0.15) is 19.0 Å². The Morgan fingerprint density at radius 2 is 2.38 bits per heavy atom. The van der Waals surface area contributed by atoms with Crippen molar-refractivity contribution in [3.05, 3.63) is 42.2 Å². The highest BCUT2D eigenvalue weighted by molar-refractivity contribution is 5.02. The fraction of sp³-hybridized carbons (Fsp3) is 0.364. The number of rotatable bonds is 5. The molecule has 0 saturated heterocycles. The first kappa shape index (κ1) is 9.93. The second-order valence-electron chi connectivity index (χ2n) is 2.86. The second kappa shape index (κ2) is 6.38. The van der Waals surface area contributed by atoms with Gasteiger partial charge in [0.1, 0.15) is 0 Å². The second-order valence-corrected chi connectivity index (χ2v) is 2.86. The number of nitrogens with zero attached hydrogens (tertiary/aromatic N) is 1. The molecule has 0 unspecified atom stereocenters. The van der Waals surface area contributed by atoms with E-state index in [9.17, 15) is 0 Å². The van der Waals surface area contributed by atoms with E-state index in [1.165, 1.54) is 0 Å². The third-order valence-corrected chi connectivity index (χ3v) is 1.76. The van der Waals surface area contributed by atoms with Crippen molar-refractivity contribution in [3.8, 4) is 0 Å². The molecule has 2 heteroatoms. The van der Waals surface area contributed by atoms with Gasteiger partial charge in [-0.25, -0.2) is 0 Å². The summed E-state index contributed by atoms with van der Waals surface area (Å²) in [6.45, 7) is 3.91. The van der Waals surface area contributed by atoms with Gasteiger partial charge in [-0.2, -0.15) is 0 Å². The molecule has 2 nitrogen and oxygen atoms in total. The number of nitrogens with one attached hydrogen (secondary N) is 1. The summed E-state index contributed by atoms with van der Waals surface area (Å²) in [4.78, 5) is 4.22. The first-order valence-electron chi connectivity index (χ1n) is 4.65. The topological polar surface area (TPSA) is 24.9 Å². The number of hydrogen-bond donors (Lipinski definition) is 1. The van der Waals surface area contributed by atoms with Gasteiger partial charge >= 0.3 is 0 Å². The van der Waals surface area contributed by atoms with Gasteiger partial charge in [-0.05, 0) is 32.0 Å². The van der Waals surface area contributed by atoms with Crippen LogP contribution in [0.3, 0.4) is 0 Å². The maximum Gasteiger partial charge on any atom is 0.0541 e. The van der Waals surface area contributed by atoms with Crippen LogP contribution < -0.4 is 5.32 Å². The Hall–Kier alpha value is -1.15. The van der Waals surface area contributed by atoms with Gasteiger partial charge in [0.15, 0.2) is 0 Å². The number of aromatic nitrogens is 1. The Morgan fingerprint density at radius 1 is 1.46 bits per heavy atom. The van der Waals surface area contributed by atoms with Crippen molar-refractivity contribution in [1.29, 1.82) is 0 Å². The summed E-state index contributed by atoms with van der Waals surface area (Å²) in [5.74, 6) is 0. The van der Waals surface area contributed by atoms with E-state index in [2.05, 4.69) is 22.5 Å². The van der Waals surface area contributed by atoms with Gasteiger partial charge in [0.2, 0.25) is 0 Å². The van der Waals surface area contributed by atoms with Crippen LogP contribution >= 0.6 is 0 Å². The van der Waals surface area contributed by atoms with Crippen LogP contribution in [0.15, 0.2) is 36.5 Å². The number of pyridine rings is 1. The zero-order valence-electron chi connectivity index (χ0n) is 8.03. The predicted octanol–water partition coefficient (Wildman–Crippen LogP) is 2.14. The first-order chi connectivity index (χ1) is 6.43. The van der Waals surface area contributed by atoms with Crippen LogP contribution in [0.2, 0.25) is 0 Å². The molecule has 1 rings (SSSR count). The van der Waals surface area contributed by atoms with Crippen molar-refractivity contribution in [2.24, 2.45) is 0 Å². The highest BCUT2D eigenvalue weighted by Crippen LogP contribution is 1.91. The number of allylic oxidation sites excluding steroid dienone is 1. The largest absolute Gasteiger partial charge is 0.311 e. The van der Waals surface area contributed by atoms with Gasteiger partial charge in [-0.15, -0.1) is 0 Å². The molecule has 0 aromatic carbocycles. The van der Waals surface area contributed by atoms with Crippen molar-refractivity contribution in [3.63, 3.8) is 0 Å². The van der Waals surface area contributed by atoms with E-state index < -0.39 is 0 Å². The smallest absolute Gasteiger partial charge is 0.0541 e. The van der Waals surface area contributed by atoms with E-state index in [0.717, 1.165) is 25.2 Å². The molecule has 0 bridgehead atoms. The Labute approximate surface area is 79.7 Å². The Bertz CT molecular complexity index is 242. The van der Waals surface area contributed by atoms with Gasteiger partial charge in [-0.1, -0.05) is 18.2 Å². The summed E-state index contributed by atoms with van der Waals surface area (Å²) < 4.78 is 0. The molecule has 0 aliphatic heterocycles. The molecule has 0 atom stereocenters. The fourth-order valence-corrected chi connectivity index (χ4v) is 1.07. The van der Waals surface area contributed by atoms with Crippen LogP contribution in [0.25, 0.3) is 0 Å². The molecule has 1 N–H and O–H groups in total. The van der Waals surface area contributed by atoms with Crippen molar-refractivity contribution >= 4 is 0 Å². The van der Waals surface area contributed by atoms with Crippen LogP contribution in [0, 0.1) is 0 Å². The highest BCUT2D eigenvalue weighted by Gasteiger charge is 1.89. The molecule has 1 aromatic heterocycles. The Kier molecular flexibility index (Phi) is 4.87. The summed E-state index contributed by atoms with van der Waals surface area (Å²) in [6.07, 6.45) is 7.14. The van der Waals surface area contributed by atoms with Crippen molar-refractivity contribution < 1.29 is 0 Å². The molecule has 70 valence electrons. The molecule has 0 saturated carbocycles. The lowest BCUT2D eigenvalue weighted by Gasteiger charge is -2.01. The SMILES string of the molecule is C/C=C/CCNCc1ccccn1. The number of hydrogen-bond acceptors (Lipinski definition) is 2. The standard InChI is InChI=1S/C11H16N2/c1-2-3-5-8-12-10-11-7-4-6-9-13-11/h2-4,6-7,9,12H,5,8,10H2,1H3/b3-2+. The normalized spacial score (nSPS) is 10.8. The zero-order chi connectivity index (χ0) is 9.36. The lowest BCUT2D eigenvalue weighted by atomic mass is 10.3.